The van der Waals surface area contributed by atoms with Gasteiger partial charge in [0.2, 0.25) is 10.3 Å². The van der Waals surface area contributed by atoms with Crippen LogP contribution in [-0.2, 0) is 0 Å². The molecule has 0 bridgehead atoms. The smallest absolute Gasteiger partial charge is 0.293 e. The fraction of sp³-hybridized carbons (Fsp3) is 0.200. The number of amides is 1. The van der Waals surface area contributed by atoms with Gasteiger partial charge in [0.1, 0.15) is 5.58 Å². The van der Waals surface area contributed by atoms with Crippen LogP contribution in [0.4, 0.5) is 5.13 Å². The van der Waals surface area contributed by atoms with Crippen LogP contribution < -0.4 is 10.7 Å². The van der Waals surface area contributed by atoms with Crippen LogP contribution in [0.25, 0.3) is 11.0 Å². The van der Waals surface area contributed by atoms with Crippen LogP contribution in [0.1, 0.15) is 21.7 Å². The van der Waals surface area contributed by atoms with Gasteiger partial charge in [-0.3, -0.25) is 14.9 Å². The van der Waals surface area contributed by atoms with Gasteiger partial charge >= 0.3 is 0 Å². The monoisotopic (exact) mass is 347 g/mol. The molecule has 1 amide bonds. The molecule has 2 aromatic heterocycles. The molecule has 0 aliphatic rings. The van der Waals surface area contributed by atoms with E-state index in [9.17, 15) is 9.59 Å². The highest BCUT2D eigenvalue weighted by Gasteiger charge is 2.16. The maximum Gasteiger partial charge on any atom is 0.293 e. The summed E-state index contributed by atoms with van der Waals surface area (Å²) in [5, 5.41) is 4.03. The first-order chi connectivity index (χ1) is 11.0. The third-order valence-electron chi connectivity index (χ3n) is 3.21. The van der Waals surface area contributed by atoms with E-state index < -0.39 is 5.91 Å². The van der Waals surface area contributed by atoms with Crippen molar-refractivity contribution in [1.29, 1.82) is 0 Å². The number of nitrogens with one attached hydrogen (secondary N) is 1. The molecule has 2 heterocycles. The Labute approximate surface area is 140 Å². The number of nitrogens with zero attached hydrogens (tertiary/aromatic N) is 2. The Morgan fingerprint density at radius 2 is 2.09 bits per heavy atom. The van der Waals surface area contributed by atoms with Crippen molar-refractivity contribution in [3.63, 3.8) is 0 Å². The lowest BCUT2D eigenvalue weighted by Crippen LogP contribution is -2.15. The predicted octanol–water partition coefficient (Wildman–Crippen LogP) is 3.24. The van der Waals surface area contributed by atoms with Crippen LogP contribution in [-0.4, -0.2) is 21.5 Å². The number of thioether (sulfide) groups is 1. The van der Waals surface area contributed by atoms with Gasteiger partial charge in [-0.2, -0.15) is 9.36 Å². The minimum atomic E-state index is -0.521. The fourth-order valence-electron chi connectivity index (χ4n) is 2.28. The Morgan fingerprint density at radius 1 is 1.30 bits per heavy atom. The number of anilines is 1. The molecule has 0 saturated carbocycles. The number of benzene rings is 1. The number of aromatic nitrogens is 2. The number of carbonyl (C=O) groups is 1. The van der Waals surface area contributed by atoms with E-state index in [-0.39, 0.29) is 11.2 Å². The summed E-state index contributed by atoms with van der Waals surface area (Å²) < 4.78 is 9.67. The number of rotatable bonds is 3. The lowest BCUT2D eigenvalue weighted by molar-refractivity contribution is 0.0997. The molecule has 6 nitrogen and oxygen atoms in total. The molecule has 8 heteroatoms. The average Bonchev–Trinajstić information content (AvgIpc) is 2.93. The van der Waals surface area contributed by atoms with Crippen LogP contribution in [0.5, 0.6) is 0 Å². The van der Waals surface area contributed by atoms with Crippen molar-refractivity contribution in [2.24, 2.45) is 0 Å². The molecule has 0 saturated heterocycles. The molecule has 1 aromatic carbocycles. The molecule has 118 valence electrons. The highest BCUT2D eigenvalue weighted by Crippen LogP contribution is 2.21. The van der Waals surface area contributed by atoms with Crippen molar-refractivity contribution in [2.45, 2.75) is 19.0 Å². The second-order valence-corrected chi connectivity index (χ2v) is 6.50. The second kappa shape index (κ2) is 6.13. The van der Waals surface area contributed by atoms with Crippen LogP contribution >= 0.6 is 23.3 Å². The van der Waals surface area contributed by atoms with Gasteiger partial charge in [0, 0.05) is 17.6 Å². The molecule has 0 unspecified atom stereocenters. The van der Waals surface area contributed by atoms with Gasteiger partial charge in [-0.25, -0.2) is 0 Å². The Kier molecular flexibility index (Phi) is 4.18. The van der Waals surface area contributed by atoms with E-state index in [1.165, 1.54) is 17.8 Å². The highest BCUT2D eigenvalue weighted by atomic mass is 32.2. The number of aryl methyl sites for hydroxylation is 2. The first kappa shape index (κ1) is 15.7. The lowest BCUT2D eigenvalue weighted by atomic mass is 10.1. The Hall–Kier alpha value is -2.19. The highest BCUT2D eigenvalue weighted by molar-refractivity contribution is 7.98. The van der Waals surface area contributed by atoms with Crippen LogP contribution in [0.2, 0.25) is 0 Å². The summed E-state index contributed by atoms with van der Waals surface area (Å²) in [5.74, 6) is -0.569. The summed E-state index contributed by atoms with van der Waals surface area (Å²) >= 11 is 2.46. The van der Waals surface area contributed by atoms with E-state index in [4.69, 9.17) is 4.42 Å². The Bertz CT molecular complexity index is 962. The molecule has 0 spiro atoms. The van der Waals surface area contributed by atoms with Crippen molar-refractivity contribution in [2.75, 3.05) is 11.6 Å². The van der Waals surface area contributed by atoms with Gasteiger partial charge in [-0.1, -0.05) is 17.8 Å². The van der Waals surface area contributed by atoms with Crippen LogP contribution in [0, 0.1) is 13.8 Å². The summed E-state index contributed by atoms with van der Waals surface area (Å²) in [6, 6.07) is 4.86. The summed E-state index contributed by atoms with van der Waals surface area (Å²) in [6.45, 7) is 3.75. The van der Waals surface area contributed by atoms with E-state index in [0.29, 0.717) is 21.3 Å². The van der Waals surface area contributed by atoms with Crippen molar-refractivity contribution in [1.82, 2.24) is 9.36 Å². The molecule has 0 aliphatic carbocycles. The molecule has 23 heavy (non-hydrogen) atoms. The van der Waals surface area contributed by atoms with Gasteiger partial charge in [0.25, 0.3) is 5.91 Å². The maximum absolute atomic E-state index is 12.3. The van der Waals surface area contributed by atoms with Crippen molar-refractivity contribution in [3.05, 3.63) is 45.3 Å². The Balaban J connectivity index is 1.99. The van der Waals surface area contributed by atoms with Crippen molar-refractivity contribution < 1.29 is 9.21 Å². The van der Waals surface area contributed by atoms with Crippen LogP contribution in [0.15, 0.2) is 32.6 Å². The minimum Gasteiger partial charge on any atom is -0.451 e. The second-order valence-electron chi connectivity index (χ2n) is 4.97. The zero-order valence-corrected chi connectivity index (χ0v) is 14.3. The van der Waals surface area contributed by atoms with Crippen LogP contribution in [0.3, 0.4) is 0 Å². The van der Waals surface area contributed by atoms with E-state index in [0.717, 1.165) is 22.7 Å². The van der Waals surface area contributed by atoms with Crippen molar-refractivity contribution in [3.8, 4) is 0 Å². The molecule has 3 aromatic rings. The molecular formula is C15H13N3O3S2. The first-order valence-corrected chi connectivity index (χ1v) is 8.72. The van der Waals surface area contributed by atoms with Gasteiger partial charge < -0.3 is 4.42 Å². The maximum atomic E-state index is 12.3. The third-order valence-corrected chi connectivity index (χ3v) is 4.50. The summed E-state index contributed by atoms with van der Waals surface area (Å²) in [7, 11) is 0. The van der Waals surface area contributed by atoms with Gasteiger partial charge in [-0.15, -0.1) is 0 Å². The molecule has 0 radical (unpaired) electrons. The zero-order valence-electron chi connectivity index (χ0n) is 12.7. The molecular weight excluding hydrogens is 334 g/mol. The standard InChI is InChI=1S/C15H13N3O3S2/c1-7-4-8(2)12-9(19)6-11(21-10(12)5-7)13(20)16-14-17-15(22-3)18-23-14/h4-6H,1-3H3,(H,16,17,18,20). The van der Waals surface area contributed by atoms with E-state index in [1.54, 1.807) is 6.07 Å². The molecule has 0 fully saturated rings. The van der Waals surface area contributed by atoms with E-state index in [2.05, 4.69) is 14.7 Å². The summed E-state index contributed by atoms with van der Waals surface area (Å²) in [6.07, 6.45) is 1.85. The fourth-order valence-corrected chi connectivity index (χ4v) is 3.40. The normalized spacial score (nSPS) is 10.9. The minimum absolute atomic E-state index is 0.0478. The third kappa shape index (κ3) is 3.13. The van der Waals surface area contributed by atoms with Gasteiger partial charge in [-0.05, 0) is 37.3 Å². The number of carbonyl (C=O) groups excluding carboxylic acids is 1. The summed E-state index contributed by atoms with van der Waals surface area (Å²) in [5.41, 5.74) is 1.96. The molecule has 0 aliphatic heterocycles. The topological polar surface area (TPSA) is 85.1 Å². The van der Waals surface area contributed by atoms with Crippen molar-refractivity contribution >= 4 is 45.3 Å². The van der Waals surface area contributed by atoms with Gasteiger partial charge in [0.05, 0.1) is 5.39 Å². The predicted molar refractivity (Wildman–Crippen MR) is 91.6 cm³/mol. The lowest BCUT2D eigenvalue weighted by Gasteiger charge is -2.05. The number of fused-ring (bicyclic) bond motifs is 1. The average molecular weight is 347 g/mol. The van der Waals surface area contributed by atoms with Gasteiger partial charge in [0.15, 0.2) is 11.2 Å². The zero-order chi connectivity index (χ0) is 16.6. The first-order valence-electron chi connectivity index (χ1n) is 6.72. The Morgan fingerprint density at radius 3 is 2.78 bits per heavy atom. The van der Waals surface area contributed by atoms with E-state index >= 15 is 0 Å². The summed E-state index contributed by atoms with van der Waals surface area (Å²) in [4.78, 5) is 28.7. The number of hydrogen-bond donors (Lipinski definition) is 1. The quantitative estimate of drug-likeness (QED) is 0.732. The largest absolute Gasteiger partial charge is 0.451 e. The van der Waals surface area contributed by atoms with E-state index in [1.807, 2.05) is 26.2 Å². The molecule has 3 rings (SSSR count). The SMILES string of the molecule is CSc1nsc(NC(=O)c2cc(=O)c3c(C)cc(C)cc3o2)n1. The number of hydrogen-bond acceptors (Lipinski definition) is 7. The molecule has 1 N–H and O–H groups in total. The molecule has 0 atom stereocenters.